The molecule has 0 aliphatic heterocycles. The van der Waals surface area contributed by atoms with Crippen molar-refractivity contribution < 1.29 is 13.2 Å². The van der Waals surface area contributed by atoms with Crippen LogP contribution in [0.25, 0.3) is 0 Å². The van der Waals surface area contributed by atoms with Gasteiger partial charge in [0.1, 0.15) is 0 Å². The summed E-state index contributed by atoms with van der Waals surface area (Å²) >= 11 is 0. The number of amides is 1. The summed E-state index contributed by atoms with van der Waals surface area (Å²) in [7, 11) is -2.07. The van der Waals surface area contributed by atoms with Gasteiger partial charge in [0.2, 0.25) is 10.0 Å². The minimum atomic E-state index is -3.60. The molecule has 0 saturated carbocycles. The van der Waals surface area contributed by atoms with Gasteiger partial charge >= 0.3 is 0 Å². The van der Waals surface area contributed by atoms with Gasteiger partial charge < -0.3 is 4.90 Å². The van der Waals surface area contributed by atoms with E-state index in [1.165, 1.54) is 23.5 Å². The Bertz CT molecular complexity index is 681. The number of benzene rings is 1. The maximum atomic E-state index is 12.6. The molecular formula is C17H26N2O3S. The van der Waals surface area contributed by atoms with Crippen molar-refractivity contribution >= 4 is 15.9 Å². The molecule has 0 radical (unpaired) electrons. The van der Waals surface area contributed by atoms with Gasteiger partial charge in [0.15, 0.2) is 0 Å². The minimum Gasteiger partial charge on any atom is -0.335 e. The number of hydrogen-bond acceptors (Lipinski definition) is 3. The molecule has 5 nitrogen and oxygen atoms in total. The highest BCUT2D eigenvalue weighted by molar-refractivity contribution is 7.89. The quantitative estimate of drug-likeness (QED) is 0.718. The molecule has 0 heterocycles. The van der Waals surface area contributed by atoms with Crippen LogP contribution in [0.4, 0.5) is 0 Å². The number of carbonyl (C=O) groups excluding carboxylic acids is 1. The third-order valence-electron chi connectivity index (χ3n) is 3.61. The topological polar surface area (TPSA) is 57.7 Å². The largest absolute Gasteiger partial charge is 0.335 e. The van der Waals surface area contributed by atoms with Crippen LogP contribution in [0.15, 0.2) is 41.3 Å². The van der Waals surface area contributed by atoms with Crippen LogP contribution in [0.1, 0.15) is 38.1 Å². The molecule has 0 fully saturated rings. The lowest BCUT2D eigenvalue weighted by Crippen LogP contribution is -2.34. The molecule has 0 unspecified atom stereocenters. The second-order valence-corrected chi connectivity index (χ2v) is 7.92. The molecule has 1 rings (SSSR count). The third kappa shape index (κ3) is 4.65. The maximum Gasteiger partial charge on any atom is 0.254 e. The lowest BCUT2D eigenvalue weighted by molar-refractivity contribution is 0.0778. The molecular weight excluding hydrogens is 312 g/mol. The van der Waals surface area contributed by atoms with Crippen molar-refractivity contribution in [3.63, 3.8) is 0 Å². The summed E-state index contributed by atoms with van der Waals surface area (Å²) in [5.74, 6) is -0.195. The zero-order chi connectivity index (χ0) is 17.8. The van der Waals surface area contributed by atoms with E-state index < -0.39 is 10.0 Å². The van der Waals surface area contributed by atoms with E-state index in [9.17, 15) is 13.2 Å². The van der Waals surface area contributed by atoms with Crippen molar-refractivity contribution in [1.29, 1.82) is 0 Å². The summed E-state index contributed by atoms with van der Waals surface area (Å²) in [5.41, 5.74) is 1.25. The fourth-order valence-electron chi connectivity index (χ4n) is 2.07. The lowest BCUT2D eigenvalue weighted by Gasteiger charge is -2.23. The summed E-state index contributed by atoms with van der Waals surface area (Å²) in [6.45, 7) is 12.2. The number of hydrogen-bond donors (Lipinski definition) is 0. The van der Waals surface area contributed by atoms with Crippen LogP contribution in [0.3, 0.4) is 0 Å². The van der Waals surface area contributed by atoms with Crippen LogP contribution >= 0.6 is 0 Å². The Labute approximate surface area is 139 Å². The van der Waals surface area contributed by atoms with Crippen molar-refractivity contribution in [2.45, 2.75) is 38.6 Å². The van der Waals surface area contributed by atoms with E-state index >= 15 is 0 Å². The number of rotatable bonds is 7. The van der Waals surface area contributed by atoms with Crippen LogP contribution in [-0.2, 0) is 10.0 Å². The molecule has 0 N–H and O–H groups in total. The molecule has 1 aromatic rings. The highest BCUT2D eigenvalue weighted by Gasteiger charge is 2.24. The van der Waals surface area contributed by atoms with Crippen LogP contribution in [0.2, 0.25) is 0 Å². The molecule has 0 aliphatic rings. The van der Waals surface area contributed by atoms with Crippen molar-refractivity contribution in [1.82, 2.24) is 9.21 Å². The number of nitrogens with zero attached hydrogens (tertiary/aromatic N) is 2. The normalized spacial score (nSPS) is 11.8. The Balaban J connectivity index is 3.19. The Hall–Kier alpha value is -1.66. The van der Waals surface area contributed by atoms with E-state index in [0.29, 0.717) is 18.7 Å². The van der Waals surface area contributed by atoms with Gasteiger partial charge in [0.05, 0.1) is 4.90 Å². The number of likely N-dealkylation sites (N-methyl/N-ethyl adjacent to an activating group) is 1. The first-order valence-corrected chi connectivity index (χ1v) is 9.07. The predicted octanol–water partition coefficient (Wildman–Crippen LogP) is 2.75. The van der Waals surface area contributed by atoms with Crippen LogP contribution < -0.4 is 0 Å². The van der Waals surface area contributed by atoms with E-state index in [-0.39, 0.29) is 16.8 Å². The van der Waals surface area contributed by atoms with E-state index in [0.717, 1.165) is 5.57 Å². The summed E-state index contributed by atoms with van der Waals surface area (Å²) < 4.78 is 26.4. The van der Waals surface area contributed by atoms with Gasteiger partial charge in [-0.05, 0) is 45.9 Å². The smallest absolute Gasteiger partial charge is 0.254 e. The van der Waals surface area contributed by atoms with E-state index in [1.54, 1.807) is 30.9 Å². The van der Waals surface area contributed by atoms with Gasteiger partial charge in [-0.2, -0.15) is 4.31 Å². The van der Waals surface area contributed by atoms with Gasteiger partial charge in [0, 0.05) is 31.7 Å². The first-order valence-electron chi connectivity index (χ1n) is 7.63. The Morgan fingerprint density at radius 3 is 2.39 bits per heavy atom. The summed E-state index contributed by atoms with van der Waals surface area (Å²) in [5, 5.41) is 0. The van der Waals surface area contributed by atoms with Gasteiger partial charge in [-0.3, -0.25) is 4.79 Å². The molecule has 0 aromatic heterocycles. The zero-order valence-electron chi connectivity index (χ0n) is 14.5. The molecule has 0 aliphatic carbocycles. The van der Waals surface area contributed by atoms with Gasteiger partial charge in [-0.15, -0.1) is 0 Å². The first-order chi connectivity index (χ1) is 10.6. The van der Waals surface area contributed by atoms with Crippen molar-refractivity contribution in [2.24, 2.45) is 0 Å². The lowest BCUT2D eigenvalue weighted by atomic mass is 10.2. The van der Waals surface area contributed by atoms with Gasteiger partial charge in [0.25, 0.3) is 5.91 Å². The molecule has 0 bridgehead atoms. The molecule has 6 heteroatoms. The van der Waals surface area contributed by atoms with Gasteiger partial charge in [-0.25, -0.2) is 8.42 Å². The zero-order valence-corrected chi connectivity index (χ0v) is 15.4. The standard InChI is InChI=1S/C17H26N2O3S/c1-7-19(12-13(2)3)17(20)15-9-8-10-16(11-15)23(21,22)18(6)14(4)5/h8-11,14H,2,7,12H2,1,3-6H3. The fraction of sp³-hybridized carbons (Fsp3) is 0.471. The summed E-state index contributed by atoms with van der Waals surface area (Å²) in [6.07, 6.45) is 0. The molecule has 1 amide bonds. The highest BCUT2D eigenvalue weighted by Crippen LogP contribution is 2.19. The highest BCUT2D eigenvalue weighted by atomic mass is 32.2. The first kappa shape index (κ1) is 19.4. The molecule has 0 atom stereocenters. The molecule has 1 aromatic carbocycles. The summed E-state index contributed by atoms with van der Waals surface area (Å²) in [4.78, 5) is 14.3. The third-order valence-corrected chi connectivity index (χ3v) is 5.64. The second kappa shape index (κ2) is 7.75. The van der Waals surface area contributed by atoms with Crippen molar-refractivity contribution in [2.75, 3.05) is 20.1 Å². The van der Waals surface area contributed by atoms with Crippen LogP contribution in [0.5, 0.6) is 0 Å². The monoisotopic (exact) mass is 338 g/mol. The molecule has 0 saturated heterocycles. The molecule has 128 valence electrons. The Kier molecular flexibility index (Phi) is 6.53. The second-order valence-electron chi connectivity index (χ2n) is 5.92. The Morgan fingerprint density at radius 2 is 1.91 bits per heavy atom. The fourth-order valence-corrected chi connectivity index (χ4v) is 3.48. The predicted molar refractivity (Wildman–Crippen MR) is 92.9 cm³/mol. The average molecular weight is 338 g/mol. The van der Waals surface area contributed by atoms with Crippen molar-refractivity contribution in [3.05, 3.63) is 42.0 Å². The van der Waals surface area contributed by atoms with Gasteiger partial charge in [-0.1, -0.05) is 18.2 Å². The minimum absolute atomic E-state index is 0.130. The average Bonchev–Trinajstić information content (AvgIpc) is 2.50. The molecule has 23 heavy (non-hydrogen) atoms. The Morgan fingerprint density at radius 1 is 1.30 bits per heavy atom. The van der Waals surface area contributed by atoms with Crippen molar-refractivity contribution in [3.8, 4) is 0 Å². The van der Waals surface area contributed by atoms with E-state index in [4.69, 9.17) is 0 Å². The van der Waals surface area contributed by atoms with Crippen LogP contribution in [-0.4, -0.2) is 49.7 Å². The number of carbonyl (C=O) groups is 1. The van der Waals surface area contributed by atoms with E-state index in [2.05, 4.69) is 6.58 Å². The number of sulfonamides is 1. The van der Waals surface area contributed by atoms with Crippen LogP contribution in [0, 0.1) is 0 Å². The maximum absolute atomic E-state index is 12.6. The van der Waals surface area contributed by atoms with E-state index in [1.807, 2.05) is 13.8 Å². The SMILES string of the molecule is C=C(C)CN(CC)C(=O)c1cccc(S(=O)(=O)N(C)C(C)C)c1. The summed E-state index contributed by atoms with van der Waals surface area (Å²) in [6, 6.07) is 6.04. The molecule has 0 spiro atoms.